The largest absolute Gasteiger partial charge is 0.352 e. The predicted octanol–water partition coefficient (Wildman–Crippen LogP) is 5.01. The number of hydrogen-bond acceptors (Lipinski definition) is 4. The molecule has 0 saturated carbocycles. The van der Waals surface area contributed by atoms with Gasteiger partial charge in [0, 0.05) is 17.6 Å². The van der Waals surface area contributed by atoms with Crippen LogP contribution in [0, 0.1) is 5.82 Å². The number of carbonyl (C=O) groups excluding carboxylic acids is 2. The van der Waals surface area contributed by atoms with E-state index < -0.39 is 34.3 Å². The monoisotopic (exact) mass is 559 g/mol. The van der Waals surface area contributed by atoms with Gasteiger partial charge in [-0.1, -0.05) is 48.9 Å². The zero-order valence-electron chi connectivity index (χ0n) is 21.5. The normalized spacial score (nSPS) is 12.2. The Balaban J connectivity index is 2.03. The van der Waals surface area contributed by atoms with Crippen LogP contribution >= 0.6 is 11.6 Å². The summed E-state index contributed by atoms with van der Waals surface area (Å²) < 4.78 is 42.0. The molecule has 0 saturated heterocycles. The fourth-order valence-electron chi connectivity index (χ4n) is 3.94. The maximum absolute atomic E-state index is 13.9. The first-order valence-corrected chi connectivity index (χ1v) is 14.0. The first-order chi connectivity index (χ1) is 18.0. The third-order valence-corrected chi connectivity index (χ3v) is 7.85. The molecule has 10 heteroatoms. The molecule has 0 aliphatic carbocycles. The van der Waals surface area contributed by atoms with Gasteiger partial charge >= 0.3 is 0 Å². The number of sulfonamides is 1. The highest BCUT2D eigenvalue weighted by molar-refractivity contribution is 7.92. The molecule has 1 N–H and O–H groups in total. The van der Waals surface area contributed by atoms with Crippen molar-refractivity contribution < 1.29 is 22.4 Å². The van der Waals surface area contributed by atoms with E-state index in [4.69, 9.17) is 11.6 Å². The Morgan fingerprint density at radius 1 is 0.947 bits per heavy atom. The third kappa shape index (κ3) is 7.33. The first kappa shape index (κ1) is 29.1. The summed E-state index contributed by atoms with van der Waals surface area (Å²) >= 11 is 5.96. The van der Waals surface area contributed by atoms with Gasteiger partial charge < -0.3 is 10.2 Å². The molecule has 3 aromatic rings. The van der Waals surface area contributed by atoms with Gasteiger partial charge in [-0.05, 0) is 74.4 Å². The topological polar surface area (TPSA) is 86.8 Å². The van der Waals surface area contributed by atoms with Crippen LogP contribution in [0.25, 0.3) is 0 Å². The van der Waals surface area contributed by atoms with E-state index in [1.54, 1.807) is 37.3 Å². The van der Waals surface area contributed by atoms with Crippen LogP contribution < -0.4 is 9.62 Å². The van der Waals surface area contributed by atoms with Gasteiger partial charge in [-0.2, -0.15) is 0 Å². The number of rotatable bonds is 11. The highest BCUT2D eigenvalue weighted by Gasteiger charge is 2.33. The minimum absolute atomic E-state index is 0.00719. The van der Waals surface area contributed by atoms with Crippen molar-refractivity contribution in [2.45, 2.75) is 50.7 Å². The first-order valence-electron chi connectivity index (χ1n) is 12.2. The van der Waals surface area contributed by atoms with Gasteiger partial charge in [0.15, 0.2) is 0 Å². The minimum atomic E-state index is -4.17. The lowest BCUT2D eigenvalue weighted by Gasteiger charge is -2.33. The Hall–Kier alpha value is -3.43. The van der Waals surface area contributed by atoms with Crippen LogP contribution in [0.3, 0.4) is 0 Å². The molecule has 0 aromatic heterocycles. The average Bonchev–Trinajstić information content (AvgIpc) is 2.88. The van der Waals surface area contributed by atoms with Crippen molar-refractivity contribution >= 4 is 39.1 Å². The van der Waals surface area contributed by atoms with Gasteiger partial charge in [0.25, 0.3) is 10.0 Å². The summed E-state index contributed by atoms with van der Waals surface area (Å²) in [6.45, 7) is 4.84. The lowest BCUT2D eigenvalue weighted by molar-refractivity contribution is -0.140. The van der Waals surface area contributed by atoms with Crippen molar-refractivity contribution in [1.82, 2.24) is 10.2 Å². The summed E-state index contributed by atoms with van der Waals surface area (Å²) in [4.78, 5) is 28.2. The Kier molecular flexibility index (Phi) is 9.88. The van der Waals surface area contributed by atoms with Crippen LogP contribution in [-0.4, -0.2) is 43.8 Å². The number of halogens is 2. The van der Waals surface area contributed by atoms with E-state index in [1.807, 2.05) is 13.8 Å². The number of carbonyl (C=O) groups is 2. The molecule has 202 valence electrons. The van der Waals surface area contributed by atoms with Crippen molar-refractivity contribution in [3.05, 3.63) is 95.3 Å². The molecule has 38 heavy (non-hydrogen) atoms. The molecule has 0 heterocycles. The molecule has 0 spiro atoms. The minimum Gasteiger partial charge on any atom is -0.352 e. The SMILES string of the molecule is CC[C@H](C(=O)NC(C)C)N(Cc1ccc(F)cc1)C(=O)CN(c1ccccc1)S(=O)(=O)c1ccc(Cl)cc1. The van der Waals surface area contributed by atoms with Crippen LogP contribution in [0.2, 0.25) is 5.02 Å². The van der Waals surface area contributed by atoms with E-state index in [-0.39, 0.29) is 29.1 Å². The summed E-state index contributed by atoms with van der Waals surface area (Å²) in [6, 6.07) is 18.5. The van der Waals surface area contributed by atoms with Crippen LogP contribution in [0.5, 0.6) is 0 Å². The molecule has 0 fully saturated rings. The van der Waals surface area contributed by atoms with Crippen molar-refractivity contribution in [2.75, 3.05) is 10.8 Å². The number of nitrogens with one attached hydrogen (secondary N) is 1. The van der Waals surface area contributed by atoms with Gasteiger partial charge in [-0.25, -0.2) is 12.8 Å². The Labute approximate surface area is 228 Å². The second-order valence-electron chi connectivity index (χ2n) is 9.04. The summed E-state index contributed by atoms with van der Waals surface area (Å²) in [7, 11) is -4.17. The highest BCUT2D eigenvalue weighted by atomic mass is 35.5. The van der Waals surface area contributed by atoms with Gasteiger partial charge in [0.1, 0.15) is 18.4 Å². The molecular weight excluding hydrogens is 529 g/mol. The van der Waals surface area contributed by atoms with Crippen LogP contribution in [0.1, 0.15) is 32.8 Å². The molecule has 0 aliphatic rings. The number of amides is 2. The van der Waals surface area contributed by atoms with Gasteiger partial charge in [0.05, 0.1) is 10.6 Å². The number of anilines is 1. The number of nitrogens with zero attached hydrogens (tertiary/aromatic N) is 2. The summed E-state index contributed by atoms with van der Waals surface area (Å²) in [5, 5.41) is 3.21. The Bertz CT molecular complexity index is 1330. The van der Waals surface area contributed by atoms with E-state index in [0.29, 0.717) is 17.0 Å². The van der Waals surface area contributed by atoms with Crippen LogP contribution in [0.4, 0.5) is 10.1 Å². The van der Waals surface area contributed by atoms with E-state index in [2.05, 4.69) is 5.32 Å². The quantitative estimate of drug-likeness (QED) is 0.358. The number of para-hydroxylation sites is 1. The molecule has 0 radical (unpaired) electrons. The van der Waals surface area contributed by atoms with Crippen LogP contribution in [-0.2, 0) is 26.2 Å². The zero-order chi connectivity index (χ0) is 27.9. The fourth-order valence-corrected chi connectivity index (χ4v) is 5.48. The molecule has 2 amide bonds. The second-order valence-corrected chi connectivity index (χ2v) is 11.3. The lowest BCUT2D eigenvalue weighted by atomic mass is 10.1. The smallest absolute Gasteiger partial charge is 0.264 e. The maximum atomic E-state index is 13.9. The fraction of sp³-hybridized carbons (Fsp3) is 0.286. The molecule has 0 unspecified atom stereocenters. The highest BCUT2D eigenvalue weighted by Crippen LogP contribution is 2.25. The summed E-state index contributed by atoms with van der Waals surface area (Å²) in [5.74, 6) is -1.37. The standard InChI is InChI=1S/C28H31ClFN3O4S/c1-4-26(28(35)31-20(2)3)32(18-21-10-14-23(30)15-11-21)27(34)19-33(24-8-6-5-7-9-24)38(36,37)25-16-12-22(29)13-17-25/h5-17,20,26H,4,18-19H2,1-3H3,(H,31,35)/t26-/m1/s1. The maximum Gasteiger partial charge on any atom is 0.264 e. The molecule has 7 nitrogen and oxygen atoms in total. The van der Waals surface area contributed by atoms with Crippen molar-refractivity contribution in [3.63, 3.8) is 0 Å². The molecule has 3 rings (SSSR count). The molecule has 3 aromatic carbocycles. The van der Waals surface area contributed by atoms with Gasteiger partial charge in [0.2, 0.25) is 11.8 Å². The average molecular weight is 560 g/mol. The lowest BCUT2D eigenvalue weighted by Crippen LogP contribution is -2.53. The molecule has 0 bridgehead atoms. The van der Waals surface area contributed by atoms with Crippen molar-refractivity contribution in [3.8, 4) is 0 Å². The van der Waals surface area contributed by atoms with Crippen molar-refractivity contribution in [1.29, 1.82) is 0 Å². The molecular formula is C28H31ClFN3O4S. The number of hydrogen-bond donors (Lipinski definition) is 1. The predicted molar refractivity (Wildman–Crippen MR) is 147 cm³/mol. The third-order valence-electron chi connectivity index (χ3n) is 5.81. The second kappa shape index (κ2) is 12.9. The van der Waals surface area contributed by atoms with Gasteiger partial charge in [-0.3, -0.25) is 13.9 Å². The zero-order valence-corrected chi connectivity index (χ0v) is 23.0. The van der Waals surface area contributed by atoms with E-state index >= 15 is 0 Å². The summed E-state index contributed by atoms with van der Waals surface area (Å²) in [6.07, 6.45) is 0.292. The van der Waals surface area contributed by atoms with E-state index in [1.165, 1.54) is 53.4 Å². The van der Waals surface area contributed by atoms with E-state index in [0.717, 1.165) is 4.31 Å². The Morgan fingerprint density at radius 2 is 1.55 bits per heavy atom. The number of benzene rings is 3. The Morgan fingerprint density at radius 3 is 2.11 bits per heavy atom. The summed E-state index contributed by atoms with van der Waals surface area (Å²) in [5.41, 5.74) is 0.888. The van der Waals surface area contributed by atoms with Gasteiger partial charge in [-0.15, -0.1) is 0 Å². The van der Waals surface area contributed by atoms with E-state index in [9.17, 15) is 22.4 Å². The molecule has 0 aliphatic heterocycles. The van der Waals surface area contributed by atoms with Crippen LogP contribution in [0.15, 0.2) is 83.8 Å². The van der Waals surface area contributed by atoms with Crippen molar-refractivity contribution in [2.24, 2.45) is 0 Å². The molecule has 1 atom stereocenters.